The maximum absolute atomic E-state index is 3.54. The lowest BCUT2D eigenvalue weighted by atomic mass is 9.82. The SMILES string of the molecule is CCCC1(CN(C)CCC(C)C)CCNC1. The van der Waals surface area contributed by atoms with Gasteiger partial charge in [-0.3, -0.25) is 0 Å². The number of nitrogens with zero attached hydrogens (tertiary/aromatic N) is 1. The second-order valence-electron chi connectivity index (χ2n) is 6.10. The molecule has 0 amide bonds. The molecule has 0 aromatic rings. The quantitative estimate of drug-likeness (QED) is 0.718. The Morgan fingerprint density at radius 3 is 2.62 bits per heavy atom. The summed E-state index contributed by atoms with van der Waals surface area (Å²) in [5.41, 5.74) is 0.570. The third-order valence-corrected chi connectivity index (χ3v) is 3.81. The summed E-state index contributed by atoms with van der Waals surface area (Å²) in [6.07, 6.45) is 5.39. The molecule has 1 saturated heterocycles. The molecule has 16 heavy (non-hydrogen) atoms. The van der Waals surface area contributed by atoms with E-state index in [0.717, 1.165) is 5.92 Å². The number of rotatable bonds is 7. The number of nitrogens with one attached hydrogen (secondary N) is 1. The van der Waals surface area contributed by atoms with Crippen LogP contribution in [0.25, 0.3) is 0 Å². The molecule has 2 nitrogen and oxygen atoms in total. The summed E-state index contributed by atoms with van der Waals surface area (Å²) in [5, 5.41) is 3.54. The predicted octanol–water partition coefficient (Wildman–Crippen LogP) is 2.74. The van der Waals surface area contributed by atoms with Crippen LogP contribution in [0.2, 0.25) is 0 Å². The normalized spacial score (nSPS) is 25.9. The maximum Gasteiger partial charge on any atom is 0.00476 e. The summed E-state index contributed by atoms with van der Waals surface area (Å²) >= 11 is 0. The molecular weight excluding hydrogens is 196 g/mol. The van der Waals surface area contributed by atoms with Crippen molar-refractivity contribution in [3.63, 3.8) is 0 Å². The molecule has 1 aliphatic rings. The summed E-state index contributed by atoms with van der Waals surface area (Å²) in [7, 11) is 2.29. The second kappa shape index (κ2) is 6.61. The highest BCUT2D eigenvalue weighted by atomic mass is 15.1. The van der Waals surface area contributed by atoms with Crippen LogP contribution in [0.3, 0.4) is 0 Å². The van der Waals surface area contributed by atoms with Crippen LogP contribution in [-0.2, 0) is 0 Å². The Bertz CT molecular complexity index is 183. The van der Waals surface area contributed by atoms with Crippen molar-refractivity contribution in [2.75, 3.05) is 33.2 Å². The summed E-state index contributed by atoms with van der Waals surface area (Å²) in [6.45, 7) is 11.9. The molecule has 1 N–H and O–H groups in total. The van der Waals surface area contributed by atoms with E-state index in [-0.39, 0.29) is 0 Å². The predicted molar refractivity (Wildman–Crippen MR) is 71.8 cm³/mol. The highest BCUT2D eigenvalue weighted by Crippen LogP contribution is 2.31. The minimum atomic E-state index is 0.570. The fourth-order valence-corrected chi connectivity index (χ4v) is 2.88. The molecule has 0 spiro atoms. The molecule has 0 radical (unpaired) electrons. The first-order valence-corrected chi connectivity index (χ1v) is 6.97. The van der Waals surface area contributed by atoms with Crippen molar-refractivity contribution in [1.82, 2.24) is 10.2 Å². The monoisotopic (exact) mass is 226 g/mol. The molecule has 1 aliphatic heterocycles. The average molecular weight is 226 g/mol. The summed E-state index contributed by atoms with van der Waals surface area (Å²) in [6, 6.07) is 0. The van der Waals surface area contributed by atoms with Crippen LogP contribution in [-0.4, -0.2) is 38.1 Å². The van der Waals surface area contributed by atoms with Crippen molar-refractivity contribution >= 4 is 0 Å². The molecule has 0 bridgehead atoms. The van der Waals surface area contributed by atoms with E-state index in [1.54, 1.807) is 0 Å². The van der Waals surface area contributed by atoms with Crippen LogP contribution in [0.1, 0.15) is 46.5 Å². The Kier molecular flexibility index (Phi) is 5.77. The van der Waals surface area contributed by atoms with E-state index in [1.165, 1.54) is 51.9 Å². The molecule has 0 aromatic carbocycles. The largest absolute Gasteiger partial charge is 0.316 e. The van der Waals surface area contributed by atoms with E-state index < -0.39 is 0 Å². The van der Waals surface area contributed by atoms with Crippen LogP contribution in [0.5, 0.6) is 0 Å². The Morgan fingerprint density at radius 1 is 1.38 bits per heavy atom. The molecule has 1 rings (SSSR count). The Labute approximate surface area is 102 Å². The molecule has 1 unspecified atom stereocenters. The van der Waals surface area contributed by atoms with E-state index in [2.05, 4.69) is 38.0 Å². The Morgan fingerprint density at radius 2 is 2.12 bits per heavy atom. The van der Waals surface area contributed by atoms with Gasteiger partial charge in [-0.1, -0.05) is 27.2 Å². The molecule has 0 saturated carbocycles. The van der Waals surface area contributed by atoms with Gasteiger partial charge in [0.25, 0.3) is 0 Å². The summed E-state index contributed by atoms with van der Waals surface area (Å²) < 4.78 is 0. The first-order chi connectivity index (χ1) is 7.58. The first kappa shape index (κ1) is 14.0. The Hall–Kier alpha value is -0.0800. The van der Waals surface area contributed by atoms with E-state index >= 15 is 0 Å². The summed E-state index contributed by atoms with van der Waals surface area (Å²) in [4.78, 5) is 2.54. The van der Waals surface area contributed by atoms with E-state index in [4.69, 9.17) is 0 Å². The van der Waals surface area contributed by atoms with Crippen molar-refractivity contribution in [3.8, 4) is 0 Å². The number of hydrogen-bond donors (Lipinski definition) is 1. The highest BCUT2D eigenvalue weighted by Gasteiger charge is 2.33. The van der Waals surface area contributed by atoms with Crippen molar-refractivity contribution in [3.05, 3.63) is 0 Å². The fraction of sp³-hybridized carbons (Fsp3) is 1.00. The standard InChI is InChI=1S/C14H30N2/c1-5-7-14(8-9-15-11-14)12-16(4)10-6-13(2)3/h13,15H,5-12H2,1-4H3. The van der Waals surface area contributed by atoms with E-state index in [1.807, 2.05) is 0 Å². The van der Waals surface area contributed by atoms with E-state index in [9.17, 15) is 0 Å². The topological polar surface area (TPSA) is 15.3 Å². The van der Waals surface area contributed by atoms with E-state index in [0.29, 0.717) is 5.41 Å². The van der Waals surface area contributed by atoms with Gasteiger partial charge in [0.05, 0.1) is 0 Å². The van der Waals surface area contributed by atoms with Gasteiger partial charge < -0.3 is 10.2 Å². The van der Waals surface area contributed by atoms with Crippen molar-refractivity contribution in [1.29, 1.82) is 0 Å². The third-order valence-electron chi connectivity index (χ3n) is 3.81. The molecule has 2 heteroatoms. The second-order valence-corrected chi connectivity index (χ2v) is 6.10. The van der Waals surface area contributed by atoms with Crippen LogP contribution in [0.15, 0.2) is 0 Å². The highest BCUT2D eigenvalue weighted by molar-refractivity contribution is 4.89. The zero-order valence-corrected chi connectivity index (χ0v) is 11.7. The van der Waals surface area contributed by atoms with Gasteiger partial charge in [0.15, 0.2) is 0 Å². The van der Waals surface area contributed by atoms with Gasteiger partial charge in [-0.05, 0) is 50.7 Å². The lowest BCUT2D eigenvalue weighted by molar-refractivity contribution is 0.172. The minimum absolute atomic E-state index is 0.570. The zero-order valence-electron chi connectivity index (χ0n) is 11.7. The van der Waals surface area contributed by atoms with Gasteiger partial charge in [-0.25, -0.2) is 0 Å². The third kappa shape index (κ3) is 4.42. The lowest BCUT2D eigenvalue weighted by Crippen LogP contribution is -2.38. The first-order valence-electron chi connectivity index (χ1n) is 6.97. The molecule has 0 aromatic heterocycles. The molecule has 0 aliphatic carbocycles. The molecule has 96 valence electrons. The smallest absolute Gasteiger partial charge is 0.00476 e. The van der Waals surface area contributed by atoms with Crippen molar-refractivity contribution < 1.29 is 0 Å². The van der Waals surface area contributed by atoms with Gasteiger partial charge in [0.1, 0.15) is 0 Å². The molecule has 1 fully saturated rings. The molecule has 1 heterocycles. The van der Waals surface area contributed by atoms with Crippen LogP contribution >= 0.6 is 0 Å². The van der Waals surface area contributed by atoms with Gasteiger partial charge in [-0.2, -0.15) is 0 Å². The average Bonchev–Trinajstić information content (AvgIpc) is 2.64. The number of hydrogen-bond acceptors (Lipinski definition) is 2. The maximum atomic E-state index is 3.54. The van der Waals surface area contributed by atoms with Crippen LogP contribution < -0.4 is 5.32 Å². The minimum Gasteiger partial charge on any atom is -0.316 e. The van der Waals surface area contributed by atoms with Crippen LogP contribution in [0, 0.1) is 11.3 Å². The van der Waals surface area contributed by atoms with Gasteiger partial charge in [0, 0.05) is 13.1 Å². The van der Waals surface area contributed by atoms with Crippen molar-refractivity contribution in [2.45, 2.75) is 46.5 Å². The molecular formula is C14H30N2. The van der Waals surface area contributed by atoms with Crippen LogP contribution in [0.4, 0.5) is 0 Å². The zero-order chi connectivity index (χ0) is 12.0. The van der Waals surface area contributed by atoms with Gasteiger partial charge in [0.2, 0.25) is 0 Å². The molecule has 1 atom stereocenters. The lowest BCUT2D eigenvalue weighted by Gasteiger charge is -2.33. The summed E-state index contributed by atoms with van der Waals surface area (Å²) in [5.74, 6) is 0.825. The fourth-order valence-electron chi connectivity index (χ4n) is 2.88. The Balaban J connectivity index is 2.36. The van der Waals surface area contributed by atoms with Gasteiger partial charge >= 0.3 is 0 Å². The van der Waals surface area contributed by atoms with Gasteiger partial charge in [-0.15, -0.1) is 0 Å². The van der Waals surface area contributed by atoms with Crippen molar-refractivity contribution in [2.24, 2.45) is 11.3 Å².